The number of hydrogen-bond acceptors (Lipinski definition) is 4. The minimum atomic E-state index is -4.79. The summed E-state index contributed by atoms with van der Waals surface area (Å²) < 4.78 is 46.0. The third kappa shape index (κ3) is 7.03. The molecule has 0 atom stereocenters. The van der Waals surface area contributed by atoms with Crippen LogP contribution in [0.5, 0.6) is 11.6 Å². The molecule has 0 aliphatic heterocycles. The standard InChI is InChI=1S/C15H15F3N4O2.HI/c1-23-13-8-10(6-7-20-13)9-21-14(19)22-11-4-2-3-5-12(11)24-15(16,17)18;/h2-8H,9H2,1H3,(H3,19,21,22);1H. The van der Waals surface area contributed by atoms with Gasteiger partial charge in [-0.1, -0.05) is 12.1 Å². The van der Waals surface area contributed by atoms with Crippen LogP contribution in [0.15, 0.2) is 47.6 Å². The predicted octanol–water partition coefficient (Wildman–Crippen LogP) is 3.53. The fourth-order valence-electron chi connectivity index (χ4n) is 1.80. The first-order chi connectivity index (χ1) is 11.4. The summed E-state index contributed by atoms with van der Waals surface area (Å²) in [6, 6.07) is 8.95. The molecule has 0 saturated heterocycles. The molecule has 0 aliphatic carbocycles. The van der Waals surface area contributed by atoms with E-state index in [9.17, 15) is 13.2 Å². The van der Waals surface area contributed by atoms with Gasteiger partial charge in [0.15, 0.2) is 11.7 Å². The second-order valence-electron chi connectivity index (χ2n) is 4.58. The molecule has 0 unspecified atom stereocenters. The van der Waals surface area contributed by atoms with Crippen molar-refractivity contribution in [2.75, 3.05) is 12.4 Å². The van der Waals surface area contributed by atoms with Crippen LogP contribution in [0.3, 0.4) is 0 Å². The van der Waals surface area contributed by atoms with Gasteiger partial charge in [-0.25, -0.2) is 9.98 Å². The second-order valence-corrected chi connectivity index (χ2v) is 4.58. The normalized spacial score (nSPS) is 11.4. The number of nitrogens with one attached hydrogen (secondary N) is 1. The van der Waals surface area contributed by atoms with Crippen LogP contribution in [0, 0.1) is 0 Å². The van der Waals surface area contributed by atoms with E-state index in [4.69, 9.17) is 10.5 Å². The van der Waals surface area contributed by atoms with Crippen LogP contribution >= 0.6 is 24.0 Å². The lowest BCUT2D eigenvalue weighted by Crippen LogP contribution is -2.24. The van der Waals surface area contributed by atoms with Crippen molar-refractivity contribution in [3.05, 3.63) is 48.2 Å². The molecule has 0 fully saturated rings. The van der Waals surface area contributed by atoms with Crippen LogP contribution in [0.4, 0.5) is 18.9 Å². The Kier molecular flexibility index (Phi) is 7.74. The number of nitrogens with two attached hydrogens (primary N) is 1. The van der Waals surface area contributed by atoms with Crippen LogP contribution in [-0.2, 0) is 6.54 Å². The van der Waals surface area contributed by atoms with E-state index in [1.807, 2.05) is 0 Å². The molecule has 0 saturated carbocycles. The Labute approximate surface area is 159 Å². The highest BCUT2D eigenvalue weighted by Crippen LogP contribution is 2.29. The van der Waals surface area contributed by atoms with Gasteiger partial charge in [0.25, 0.3) is 0 Å². The van der Waals surface area contributed by atoms with Gasteiger partial charge in [-0.05, 0) is 23.8 Å². The van der Waals surface area contributed by atoms with Crippen molar-refractivity contribution < 1.29 is 22.6 Å². The zero-order chi connectivity index (χ0) is 17.6. The summed E-state index contributed by atoms with van der Waals surface area (Å²) in [5.41, 5.74) is 6.55. The van der Waals surface area contributed by atoms with E-state index in [1.54, 1.807) is 24.4 Å². The van der Waals surface area contributed by atoms with E-state index < -0.39 is 12.1 Å². The number of guanidine groups is 1. The highest BCUT2D eigenvalue weighted by atomic mass is 127. The fourth-order valence-corrected chi connectivity index (χ4v) is 1.80. The Bertz CT molecular complexity index is 726. The molecule has 2 rings (SSSR count). The third-order valence-corrected chi connectivity index (χ3v) is 2.82. The number of anilines is 1. The topological polar surface area (TPSA) is 81.8 Å². The summed E-state index contributed by atoms with van der Waals surface area (Å²) in [7, 11) is 1.49. The minimum absolute atomic E-state index is 0. The molecule has 0 spiro atoms. The number of aliphatic imine (C=N–C) groups is 1. The number of benzene rings is 1. The van der Waals surface area contributed by atoms with Gasteiger partial charge in [0.2, 0.25) is 5.88 Å². The molecule has 25 heavy (non-hydrogen) atoms. The lowest BCUT2D eigenvalue weighted by atomic mass is 10.3. The highest BCUT2D eigenvalue weighted by Gasteiger charge is 2.32. The molecule has 0 aliphatic rings. The van der Waals surface area contributed by atoms with Crippen LogP contribution in [-0.4, -0.2) is 24.4 Å². The minimum Gasteiger partial charge on any atom is -0.481 e. The lowest BCUT2D eigenvalue weighted by Gasteiger charge is -2.14. The molecule has 1 aromatic carbocycles. The molecule has 0 bridgehead atoms. The van der Waals surface area contributed by atoms with Gasteiger partial charge in [-0.3, -0.25) is 0 Å². The average Bonchev–Trinajstić information content (AvgIpc) is 2.54. The van der Waals surface area contributed by atoms with E-state index in [-0.39, 0.29) is 42.2 Å². The molecule has 1 aromatic heterocycles. The molecule has 2 aromatic rings. The molecule has 1 heterocycles. The molecular formula is C15H16F3IN4O2. The third-order valence-electron chi connectivity index (χ3n) is 2.82. The molecule has 3 N–H and O–H groups in total. The Morgan fingerprint density at radius 3 is 2.68 bits per heavy atom. The zero-order valence-electron chi connectivity index (χ0n) is 13.1. The van der Waals surface area contributed by atoms with Crippen LogP contribution in [0.25, 0.3) is 0 Å². The van der Waals surface area contributed by atoms with Crippen molar-refractivity contribution >= 4 is 35.6 Å². The van der Waals surface area contributed by atoms with Crippen LogP contribution in [0.2, 0.25) is 0 Å². The van der Waals surface area contributed by atoms with Crippen LogP contribution in [0.1, 0.15) is 5.56 Å². The SMILES string of the molecule is COc1cc(CN=C(N)Nc2ccccc2OC(F)(F)F)ccn1.I. The number of hydrogen-bond donors (Lipinski definition) is 2. The molecule has 6 nitrogen and oxygen atoms in total. The second kappa shape index (κ2) is 9.30. The van der Waals surface area contributed by atoms with Crippen LogP contribution < -0.4 is 20.5 Å². The van der Waals surface area contributed by atoms with Gasteiger partial charge >= 0.3 is 6.36 Å². The summed E-state index contributed by atoms with van der Waals surface area (Å²) in [5, 5.41) is 2.59. The zero-order valence-corrected chi connectivity index (χ0v) is 15.4. The molecule has 0 amide bonds. The summed E-state index contributed by atoms with van der Waals surface area (Å²) in [4.78, 5) is 8.02. The smallest absolute Gasteiger partial charge is 0.481 e. The van der Waals surface area contributed by atoms with Gasteiger partial charge in [-0.2, -0.15) is 0 Å². The number of rotatable bonds is 5. The lowest BCUT2D eigenvalue weighted by molar-refractivity contribution is -0.274. The number of methoxy groups -OCH3 is 1. The number of para-hydroxylation sites is 2. The van der Waals surface area contributed by atoms with E-state index in [1.165, 1.54) is 25.3 Å². The quantitative estimate of drug-likeness (QED) is 0.399. The van der Waals surface area contributed by atoms with Crippen molar-refractivity contribution in [1.29, 1.82) is 0 Å². The highest BCUT2D eigenvalue weighted by molar-refractivity contribution is 14.0. The molecular weight excluding hydrogens is 452 g/mol. The first kappa shape index (κ1) is 20.8. The van der Waals surface area contributed by atoms with E-state index in [0.29, 0.717) is 5.88 Å². The first-order valence-corrected chi connectivity index (χ1v) is 6.78. The maximum atomic E-state index is 12.4. The van der Waals surface area contributed by atoms with Crippen molar-refractivity contribution in [2.24, 2.45) is 10.7 Å². The number of nitrogens with zero attached hydrogens (tertiary/aromatic N) is 2. The summed E-state index contributed by atoms with van der Waals surface area (Å²) in [5.74, 6) is -0.0177. The van der Waals surface area contributed by atoms with Gasteiger partial charge in [0.1, 0.15) is 0 Å². The van der Waals surface area contributed by atoms with Gasteiger partial charge in [0.05, 0.1) is 19.3 Å². The maximum absolute atomic E-state index is 12.4. The first-order valence-electron chi connectivity index (χ1n) is 6.78. The Hall–Kier alpha value is -2.24. The fraction of sp³-hybridized carbons (Fsp3) is 0.200. The Balaban J connectivity index is 0.00000312. The maximum Gasteiger partial charge on any atom is 0.573 e. The largest absolute Gasteiger partial charge is 0.573 e. The van der Waals surface area contributed by atoms with Crippen molar-refractivity contribution in [1.82, 2.24) is 4.98 Å². The van der Waals surface area contributed by atoms with E-state index in [2.05, 4.69) is 20.0 Å². The predicted molar refractivity (Wildman–Crippen MR) is 98.3 cm³/mol. The van der Waals surface area contributed by atoms with Gasteiger partial charge in [0, 0.05) is 12.3 Å². The monoisotopic (exact) mass is 468 g/mol. The summed E-state index contributed by atoms with van der Waals surface area (Å²) in [6.07, 6.45) is -3.24. The average molecular weight is 468 g/mol. The molecule has 0 radical (unpaired) electrons. The molecule has 136 valence electrons. The number of halogens is 4. The van der Waals surface area contributed by atoms with E-state index >= 15 is 0 Å². The summed E-state index contributed by atoms with van der Waals surface area (Å²) in [6.45, 7) is 0.208. The number of pyridine rings is 1. The van der Waals surface area contributed by atoms with Crippen molar-refractivity contribution in [3.8, 4) is 11.6 Å². The van der Waals surface area contributed by atoms with E-state index in [0.717, 1.165) is 5.56 Å². The number of ether oxygens (including phenoxy) is 2. The van der Waals surface area contributed by atoms with Crippen molar-refractivity contribution in [3.63, 3.8) is 0 Å². The Morgan fingerprint density at radius 1 is 1.28 bits per heavy atom. The molecule has 10 heteroatoms. The number of aromatic nitrogens is 1. The number of alkyl halides is 3. The Morgan fingerprint density at radius 2 is 2.00 bits per heavy atom. The summed E-state index contributed by atoms with van der Waals surface area (Å²) >= 11 is 0. The van der Waals surface area contributed by atoms with Crippen molar-refractivity contribution in [2.45, 2.75) is 12.9 Å². The van der Waals surface area contributed by atoms with Gasteiger partial charge in [-0.15, -0.1) is 37.1 Å². The van der Waals surface area contributed by atoms with Gasteiger partial charge < -0.3 is 20.5 Å².